The van der Waals surface area contributed by atoms with Crippen LogP contribution in [0.1, 0.15) is 0 Å². The van der Waals surface area contributed by atoms with Gasteiger partial charge < -0.3 is 0 Å². The minimum Gasteiger partial charge on any atom is -0.208 e. The fourth-order valence-corrected chi connectivity index (χ4v) is 11.1. The molecule has 302 valence electrons. The van der Waals surface area contributed by atoms with Crippen LogP contribution in [0.5, 0.6) is 0 Å². The first-order valence-electron chi connectivity index (χ1n) is 22.0. The maximum absolute atomic E-state index is 5.42. The summed E-state index contributed by atoms with van der Waals surface area (Å²) < 4.78 is 2.41. The summed E-state index contributed by atoms with van der Waals surface area (Å²) in [6, 6.07) is 80.6. The average molecular weight is 844 g/mol. The van der Waals surface area contributed by atoms with Gasteiger partial charge in [-0.25, -0.2) is 15.0 Å². The molecule has 0 spiro atoms. The number of thiophene rings is 1. The highest BCUT2D eigenvalue weighted by Crippen LogP contribution is 2.44. The Morgan fingerprint density at radius 2 is 0.692 bits per heavy atom. The molecule has 2 aromatic heterocycles. The first kappa shape index (κ1) is 37.3. The van der Waals surface area contributed by atoms with Crippen molar-refractivity contribution in [3.63, 3.8) is 0 Å². The molecule has 0 radical (unpaired) electrons. The Hall–Kier alpha value is -8.31. The van der Waals surface area contributed by atoms with Crippen molar-refractivity contribution >= 4 is 74.6 Å². The number of aromatic nitrogens is 3. The number of hydrogen-bond donors (Lipinski definition) is 0. The van der Waals surface area contributed by atoms with Crippen LogP contribution in [-0.4, -0.2) is 15.0 Å². The number of nitrogens with zero attached hydrogens (tertiary/aromatic N) is 3. The Balaban J connectivity index is 1.02. The Bertz CT molecular complexity index is 4010. The van der Waals surface area contributed by atoms with Crippen molar-refractivity contribution < 1.29 is 0 Å². The molecular weight excluding hydrogens is 807 g/mol. The zero-order valence-electron chi connectivity index (χ0n) is 35.1. The summed E-state index contributed by atoms with van der Waals surface area (Å²) in [6.45, 7) is 0. The minimum atomic E-state index is 0.631. The summed E-state index contributed by atoms with van der Waals surface area (Å²) in [5.41, 5.74) is 10.0. The summed E-state index contributed by atoms with van der Waals surface area (Å²) in [5, 5.41) is 11.9. The Labute approximate surface area is 379 Å². The molecule has 13 aromatic rings. The SMILES string of the molecule is c1ccc(-c2cccc3c2sc2c(-c4nc(-c5ccc6cc(-c7cccc8ccccc78)ccc6c5)nc(-c5cc(-c6cccc7ccccc67)c6ccccc6c5)n4)cccc23)cc1. The van der Waals surface area contributed by atoms with Crippen LogP contribution in [0, 0.1) is 0 Å². The van der Waals surface area contributed by atoms with Gasteiger partial charge in [0.25, 0.3) is 0 Å². The second-order valence-corrected chi connectivity index (χ2v) is 17.7. The van der Waals surface area contributed by atoms with E-state index in [0.29, 0.717) is 17.5 Å². The van der Waals surface area contributed by atoms with Crippen molar-refractivity contribution in [2.45, 2.75) is 0 Å². The van der Waals surface area contributed by atoms with E-state index >= 15 is 0 Å². The van der Waals surface area contributed by atoms with E-state index in [2.05, 4.69) is 224 Å². The fraction of sp³-hybridized carbons (Fsp3) is 0. The van der Waals surface area contributed by atoms with Gasteiger partial charge in [-0.05, 0) is 107 Å². The zero-order valence-corrected chi connectivity index (χ0v) is 35.9. The van der Waals surface area contributed by atoms with Gasteiger partial charge >= 0.3 is 0 Å². The largest absolute Gasteiger partial charge is 0.208 e. The fourth-order valence-electron chi connectivity index (χ4n) is 9.75. The van der Waals surface area contributed by atoms with Gasteiger partial charge in [0, 0.05) is 36.9 Å². The first-order valence-corrected chi connectivity index (χ1v) is 22.8. The maximum Gasteiger partial charge on any atom is 0.165 e. The van der Waals surface area contributed by atoms with Gasteiger partial charge in [-0.2, -0.15) is 0 Å². The summed E-state index contributed by atoms with van der Waals surface area (Å²) in [4.78, 5) is 16.2. The number of benzene rings is 11. The van der Waals surface area contributed by atoms with Crippen LogP contribution >= 0.6 is 11.3 Å². The van der Waals surface area contributed by atoms with Gasteiger partial charge in [0.2, 0.25) is 0 Å². The van der Waals surface area contributed by atoms with Gasteiger partial charge in [0.15, 0.2) is 17.5 Å². The van der Waals surface area contributed by atoms with E-state index in [4.69, 9.17) is 15.0 Å². The highest BCUT2D eigenvalue weighted by molar-refractivity contribution is 7.26. The summed E-state index contributed by atoms with van der Waals surface area (Å²) in [5.74, 6) is 1.91. The molecule has 3 nitrogen and oxygen atoms in total. The van der Waals surface area contributed by atoms with E-state index in [1.54, 1.807) is 0 Å². The molecule has 13 rings (SSSR count). The smallest absolute Gasteiger partial charge is 0.165 e. The highest BCUT2D eigenvalue weighted by atomic mass is 32.1. The zero-order chi connectivity index (χ0) is 42.8. The van der Waals surface area contributed by atoms with Crippen molar-refractivity contribution in [3.8, 4) is 67.5 Å². The maximum atomic E-state index is 5.42. The summed E-state index contributed by atoms with van der Waals surface area (Å²) >= 11 is 1.81. The lowest BCUT2D eigenvalue weighted by atomic mass is 9.92. The summed E-state index contributed by atoms with van der Waals surface area (Å²) in [7, 11) is 0. The summed E-state index contributed by atoms with van der Waals surface area (Å²) in [6.07, 6.45) is 0. The van der Waals surface area contributed by atoms with E-state index in [9.17, 15) is 0 Å². The van der Waals surface area contributed by atoms with Crippen LogP contribution in [0.15, 0.2) is 224 Å². The topological polar surface area (TPSA) is 38.7 Å². The lowest BCUT2D eigenvalue weighted by molar-refractivity contribution is 1.08. The lowest BCUT2D eigenvalue weighted by Gasteiger charge is -2.14. The molecule has 0 N–H and O–H groups in total. The van der Waals surface area contributed by atoms with Crippen LogP contribution in [0.2, 0.25) is 0 Å². The number of hydrogen-bond acceptors (Lipinski definition) is 4. The van der Waals surface area contributed by atoms with E-state index < -0.39 is 0 Å². The predicted octanol–water partition coefficient (Wildman–Crippen LogP) is 16.9. The Morgan fingerprint density at radius 3 is 1.42 bits per heavy atom. The molecule has 0 unspecified atom stereocenters. The molecule has 0 atom stereocenters. The number of rotatable bonds is 6. The molecule has 65 heavy (non-hydrogen) atoms. The molecule has 11 aromatic carbocycles. The van der Waals surface area contributed by atoms with Crippen molar-refractivity contribution in [1.29, 1.82) is 0 Å². The molecule has 0 bridgehead atoms. The van der Waals surface area contributed by atoms with Crippen molar-refractivity contribution in [2.75, 3.05) is 0 Å². The van der Waals surface area contributed by atoms with Crippen LogP contribution < -0.4 is 0 Å². The van der Waals surface area contributed by atoms with Crippen molar-refractivity contribution in [3.05, 3.63) is 224 Å². The molecule has 0 aliphatic carbocycles. The minimum absolute atomic E-state index is 0.631. The molecular formula is C61H37N3S. The van der Waals surface area contributed by atoms with Crippen molar-refractivity contribution in [1.82, 2.24) is 15.0 Å². The molecule has 0 amide bonds. The van der Waals surface area contributed by atoms with E-state index in [-0.39, 0.29) is 0 Å². The van der Waals surface area contributed by atoms with Gasteiger partial charge in [-0.3, -0.25) is 0 Å². The van der Waals surface area contributed by atoms with Crippen molar-refractivity contribution in [2.24, 2.45) is 0 Å². The molecule has 0 aliphatic heterocycles. The second kappa shape index (κ2) is 15.2. The predicted molar refractivity (Wildman–Crippen MR) is 275 cm³/mol. The Kier molecular flexibility index (Phi) is 8.71. The van der Waals surface area contributed by atoms with Gasteiger partial charge in [-0.15, -0.1) is 11.3 Å². The monoisotopic (exact) mass is 843 g/mol. The van der Waals surface area contributed by atoms with Crippen LogP contribution in [0.3, 0.4) is 0 Å². The molecule has 0 saturated heterocycles. The second-order valence-electron chi connectivity index (χ2n) is 16.7. The normalized spacial score (nSPS) is 11.7. The van der Waals surface area contributed by atoms with Gasteiger partial charge in [-0.1, -0.05) is 194 Å². The molecule has 0 fully saturated rings. The lowest BCUT2D eigenvalue weighted by Crippen LogP contribution is -2.01. The van der Waals surface area contributed by atoms with Crippen LogP contribution in [0.25, 0.3) is 131 Å². The number of fused-ring (bicyclic) bond motifs is 7. The van der Waals surface area contributed by atoms with Crippen LogP contribution in [-0.2, 0) is 0 Å². The third-order valence-corrected chi connectivity index (χ3v) is 14.2. The molecule has 4 heteroatoms. The molecule has 2 heterocycles. The first-order chi connectivity index (χ1) is 32.2. The van der Waals surface area contributed by atoms with E-state index in [0.717, 1.165) is 43.1 Å². The average Bonchev–Trinajstić information content (AvgIpc) is 3.77. The van der Waals surface area contributed by atoms with Gasteiger partial charge in [0.1, 0.15) is 0 Å². The Morgan fingerprint density at radius 1 is 0.231 bits per heavy atom. The third kappa shape index (κ3) is 6.37. The quantitative estimate of drug-likeness (QED) is 0.167. The molecule has 0 aliphatic rings. The van der Waals surface area contributed by atoms with Crippen LogP contribution in [0.4, 0.5) is 0 Å². The third-order valence-electron chi connectivity index (χ3n) is 12.9. The highest BCUT2D eigenvalue weighted by Gasteiger charge is 2.20. The molecule has 0 saturated carbocycles. The van der Waals surface area contributed by atoms with E-state index in [1.165, 1.54) is 70.2 Å². The van der Waals surface area contributed by atoms with E-state index in [1.807, 2.05) is 11.3 Å². The standard InChI is InChI=1S/C61H37N3S/c1-2-14-40(15-3-1)51-25-12-27-53-54-28-13-29-55(58(54)65-57(51)53)61-63-59(45-33-31-41-34-44(32-30-42(41)35-45)49-24-10-19-38-16-4-7-21-47(38)49)62-60(64-61)46-36-43-18-6-9-23-50(43)56(37-46)52-26-11-20-39-17-5-8-22-48(39)52/h1-37H. The van der Waals surface area contributed by atoms with Gasteiger partial charge in [0.05, 0.1) is 0 Å².